The van der Waals surface area contributed by atoms with E-state index in [4.69, 9.17) is 5.73 Å². The van der Waals surface area contributed by atoms with Crippen molar-refractivity contribution in [3.8, 4) is 0 Å². The fourth-order valence-electron chi connectivity index (χ4n) is 0.860. The highest BCUT2D eigenvalue weighted by Gasteiger charge is 2.11. The molecule has 0 spiro atoms. The molecule has 3 nitrogen and oxygen atoms in total. The first-order valence-electron chi connectivity index (χ1n) is 3.36. The molecular formula is C7H10N2OS. The third-order valence-electron chi connectivity index (χ3n) is 1.33. The molecule has 60 valence electrons. The highest BCUT2D eigenvalue weighted by Crippen LogP contribution is 2.26. The second-order valence-electron chi connectivity index (χ2n) is 2.57. The van der Waals surface area contributed by atoms with Crippen molar-refractivity contribution < 1.29 is 4.79 Å². The van der Waals surface area contributed by atoms with Gasteiger partial charge in [-0.05, 0) is 5.92 Å². The molecule has 2 N–H and O–H groups in total. The molecule has 0 amide bonds. The molecule has 0 aliphatic heterocycles. The van der Waals surface area contributed by atoms with Crippen LogP contribution in [0.1, 0.15) is 35.1 Å². The Morgan fingerprint density at radius 3 is 2.64 bits per heavy atom. The summed E-state index contributed by atoms with van der Waals surface area (Å²) in [4.78, 5) is 15.3. The maximum absolute atomic E-state index is 10.4. The lowest BCUT2D eigenvalue weighted by atomic mass is 10.1. The Morgan fingerprint density at radius 1 is 1.64 bits per heavy atom. The predicted molar refractivity (Wildman–Crippen MR) is 46.0 cm³/mol. The maximum atomic E-state index is 10.4. The SMILES string of the molecule is CC(C)c1sc(N)nc1C=O. The Bertz CT molecular complexity index is 267. The average Bonchev–Trinajstić information content (AvgIpc) is 2.30. The first-order valence-corrected chi connectivity index (χ1v) is 4.18. The van der Waals surface area contributed by atoms with Crippen LogP contribution >= 0.6 is 11.3 Å². The second-order valence-corrected chi connectivity index (χ2v) is 3.64. The van der Waals surface area contributed by atoms with E-state index in [-0.39, 0.29) is 0 Å². The number of nitrogen functional groups attached to an aromatic ring is 1. The summed E-state index contributed by atoms with van der Waals surface area (Å²) in [5, 5.41) is 0.468. The molecule has 4 heteroatoms. The summed E-state index contributed by atoms with van der Waals surface area (Å²) in [7, 11) is 0. The van der Waals surface area contributed by atoms with Crippen LogP contribution in [0.2, 0.25) is 0 Å². The molecule has 1 aromatic heterocycles. The van der Waals surface area contributed by atoms with Gasteiger partial charge in [-0.15, -0.1) is 11.3 Å². The lowest BCUT2D eigenvalue weighted by Crippen LogP contribution is -1.90. The monoisotopic (exact) mass is 170 g/mol. The number of aromatic nitrogens is 1. The van der Waals surface area contributed by atoms with E-state index in [9.17, 15) is 4.79 Å². The zero-order chi connectivity index (χ0) is 8.43. The van der Waals surface area contributed by atoms with E-state index >= 15 is 0 Å². The van der Waals surface area contributed by atoms with Crippen LogP contribution < -0.4 is 5.73 Å². The highest BCUT2D eigenvalue weighted by molar-refractivity contribution is 7.15. The molecule has 0 atom stereocenters. The van der Waals surface area contributed by atoms with Gasteiger partial charge in [0.1, 0.15) is 5.69 Å². The third-order valence-corrected chi connectivity index (χ3v) is 2.53. The molecule has 0 radical (unpaired) electrons. The topological polar surface area (TPSA) is 56.0 Å². The lowest BCUT2D eigenvalue weighted by molar-refractivity contribution is 0.111. The van der Waals surface area contributed by atoms with Gasteiger partial charge in [-0.25, -0.2) is 4.98 Å². The summed E-state index contributed by atoms with van der Waals surface area (Å²) in [6.45, 7) is 4.03. The van der Waals surface area contributed by atoms with Crippen LogP contribution in [0.4, 0.5) is 5.13 Å². The Morgan fingerprint density at radius 2 is 2.27 bits per heavy atom. The summed E-state index contributed by atoms with van der Waals surface area (Å²) in [6, 6.07) is 0. The normalized spacial score (nSPS) is 10.5. The van der Waals surface area contributed by atoms with Gasteiger partial charge in [0.05, 0.1) is 0 Å². The van der Waals surface area contributed by atoms with Gasteiger partial charge in [0.2, 0.25) is 0 Å². The summed E-state index contributed by atoms with van der Waals surface area (Å²) >= 11 is 1.38. The number of rotatable bonds is 2. The smallest absolute Gasteiger partial charge is 0.180 e. The van der Waals surface area contributed by atoms with Crippen molar-refractivity contribution in [2.45, 2.75) is 19.8 Å². The molecular weight excluding hydrogens is 160 g/mol. The molecule has 0 aliphatic rings. The van der Waals surface area contributed by atoms with Crippen LogP contribution in [0.5, 0.6) is 0 Å². The Kier molecular flexibility index (Phi) is 2.24. The van der Waals surface area contributed by atoms with Crippen molar-refractivity contribution in [1.82, 2.24) is 4.98 Å². The van der Waals surface area contributed by atoms with Gasteiger partial charge in [-0.1, -0.05) is 13.8 Å². The largest absolute Gasteiger partial charge is 0.375 e. The second kappa shape index (κ2) is 3.00. The lowest BCUT2D eigenvalue weighted by Gasteiger charge is -1.98. The molecule has 0 saturated carbocycles. The van der Waals surface area contributed by atoms with E-state index in [0.29, 0.717) is 16.7 Å². The zero-order valence-corrected chi connectivity index (χ0v) is 7.31. The average molecular weight is 170 g/mol. The maximum Gasteiger partial charge on any atom is 0.180 e. The Hall–Kier alpha value is -0.900. The van der Waals surface area contributed by atoms with Crippen molar-refractivity contribution >= 4 is 22.8 Å². The number of nitrogens with two attached hydrogens (primary N) is 1. The molecule has 0 unspecified atom stereocenters. The van der Waals surface area contributed by atoms with Gasteiger partial charge >= 0.3 is 0 Å². The van der Waals surface area contributed by atoms with E-state index in [1.54, 1.807) is 0 Å². The number of aldehydes is 1. The molecule has 1 aromatic rings. The van der Waals surface area contributed by atoms with E-state index in [2.05, 4.69) is 4.98 Å². The van der Waals surface area contributed by atoms with Crippen LogP contribution in [-0.2, 0) is 0 Å². The van der Waals surface area contributed by atoms with E-state index in [1.807, 2.05) is 13.8 Å². The van der Waals surface area contributed by atoms with Crippen molar-refractivity contribution in [3.05, 3.63) is 10.6 Å². The minimum atomic E-state index is 0.324. The Labute approximate surface area is 69.3 Å². The molecule has 0 bridgehead atoms. The highest BCUT2D eigenvalue weighted by atomic mass is 32.1. The minimum Gasteiger partial charge on any atom is -0.375 e. The van der Waals surface area contributed by atoms with Crippen LogP contribution in [0.15, 0.2) is 0 Å². The van der Waals surface area contributed by atoms with Gasteiger partial charge in [-0.2, -0.15) is 0 Å². The van der Waals surface area contributed by atoms with Gasteiger partial charge in [0, 0.05) is 4.88 Å². The van der Waals surface area contributed by atoms with Crippen LogP contribution in [0.25, 0.3) is 0 Å². The van der Waals surface area contributed by atoms with E-state index in [1.165, 1.54) is 11.3 Å². The van der Waals surface area contributed by atoms with Gasteiger partial charge in [-0.3, -0.25) is 4.79 Å². The quantitative estimate of drug-likeness (QED) is 0.687. The summed E-state index contributed by atoms with van der Waals surface area (Å²) in [6.07, 6.45) is 0.752. The van der Waals surface area contributed by atoms with Gasteiger partial charge in [0.25, 0.3) is 0 Å². The van der Waals surface area contributed by atoms with Crippen molar-refractivity contribution in [3.63, 3.8) is 0 Å². The number of hydrogen-bond acceptors (Lipinski definition) is 4. The number of carbonyl (C=O) groups excluding carboxylic acids is 1. The fourth-order valence-corrected chi connectivity index (χ4v) is 1.66. The standard InChI is InChI=1S/C7H10N2OS/c1-4(2)6-5(3-10)9-7(8)11-6/h3-4H,1-2H3,(H2,8,9). The molecule has 1 rings (SSSR count). The zero-order valence-electron chi connectivity index (χ0n) is 6.50. The third kappa shape index (κ3) is 1.57. The van der Waals surface area contributed by atoms with Crippen molar-refractivity contribution in [1.29, 1.82) is 0 Å². The minimum absolute atomic E-state index is 0.324. The van der Waals surface area contributed by atoms with Crippen molar-refractivity contribution in [2.75, 3.05) is 5.73 Å². The van der Waals surface area contributed by atoms with E-state index < -0.39 is 0 Å². The van der Waals surface area contributed by atoms with Crippen LogP contribution in [0, 0.1) is 0 Å². The van der Waals surface area contributed by atoms with Gasteiger partial charge < -0.3 is 5.73 Å². The number of thiazole rings is 1. The van der Waals surface area contributed by atoms with Gasteiger partial charge in [0.15, 0.2) is 11.4 Å². The molecule has 11 heavy (non-hydrogen) atoms. The predicted octanol–water partition coefficient (Wildman–Crippen LogP) is 1.66. The summed E-state index contributed by atoms with van der Waals surface area (Å²) in [5.41, 5.74) is 5.93. The number of anilines is 1. The van der Waals surface area contributed by atoms with Crippen molar-refractivity contribution in [2.24, 2.45) is 0 Å². The van der Waals surface area contributed by atoms with Crippen LogP contribution in [-0.4, -0.2) is 11.3 Å². The summed E-state index contributed by atoms with van der Waals surface area (Å²) < 4.78 is 0. The van der Waals surface area contributed by atoms with Crippen LogP contribution in [0.3, 0.4) is 0 Å². The first kappa shape index (κ1) is 8.20. The van der Waals surface area contributed by atoms with E-state index in [0.717, 1.165) is 11.2 Å². The molecule has 0 aliphatic carbocycles. The number of carbonyl (C=O) groups is 1. The molecule has 0 fully saturated rings. The molecule has 0 saturated heterocycles. The molecule has 0 aromatic carbocycles. The number of hydrogen-bond donors (Lipinski definition) is 1. The Balaban J connectivity index is 3.11. The molecule has 1 heterocycles. The number of nitrogens with zero attached hydrogens (tertiary/aromatic N) is 1. The fraction of sp³-hybridized carbons (Fsp3) is 0.429. The summed E-state index contributed by atoms with van der Waals surface area (Å²) in [5.74, 6) is 0.324. The first-order chi connectivity index (χ1) is 5.15.